The summed E-state index contributed by atoms with van der Waals surface area (Å²) in [7, 11) is 0.898. The first-order chi connectivity index (χ1) is 7.21. The Hall–Kier alpha value is -0.350. The van der Waals surface area contributed by atoms with Crippen LogP contribution in [0.3, 0.4) is 0 Å². The van der Waals surface area contributed by atoms with Crippen LogP contribution in [0, 0.1) is 10.8 Å². The number of rotatable bonds is 2. The van der Waals surface area contributed by atoms with E-state index in [9.17, 15) is 0 Å². The Morgan fingerprint density at radius 3 is 1.62 bits per heavy atom. The van der Waals surface area contributed by atoms with Crippen LogP contribution in [0.1, 0.15) is 41.5 Å². The highest BCUT2D eigenvalue weighted by atomic mass is 31.1. The third-order valence-electron chi connectivity index (χ3n) is 2.82. The molecule has 0 saturated heterocycles. The van der Waals surface area contributed by atoms with E-state index in [2.05, 4.69) is 71.9 Å². The Morgan fingerprint density at radius 1 is 0.812 bits per heavy atom. The Labute approximate surface area is 103 Å². The van der Waals surface area contributed by atoms with Gasteiger partial charge in [-0.15, -0.1) is 0 Å². The SMILES string of the molecule is CC(C)(C)C(Pc1ccccc1)C(C)(C)C. The molecule has 0 bridgehead atoms. The fraction of sp³-hybridized carbons (Fsp3) is 0.600. The summed E-state index contributed by atoms with van der Waals surface area (Å²) < 4.78 is 0. The van der Waals surface area contributed by atoms with Gasteiger partial charge in [0.15, 0.2) is 0 Å². The molecule has 1 aromatic carbocycles. The molecule has 0 fully saturated rings. The molecule has 1 heteroatoms. The zero-order valence-electron chi connectivity index (χ0n) is 11.5. The van der Waals surface area contributed by atoms with Crippen molar-refractivity contribution < 1.29 is 0 Å². The van der Waals surface area contributed by atoms with Crippen LogP contribution in [0.25, 0.3) is 0 Å². The van der Waals surface area contributed by atoms with E-state index in [0.717, 1.165) is 14.2 Å². The van der Waals surface area contributed by atoms with E-state index < -0.39 is 0 Å². The smallest absolute Gasteiger partial charge is 0.00989 e. The van der Waals surface area contributed by atoms with Gasteiger partial charge in [0.2, 0.25) is 0 Å². The highest BCUT2D eigenvalue weighted by molar-refractivity contribution is 7.48. The second kappa shape index (κ2) is 4.88. The summed E-state index contributed by atoms with van der Waals surface area (Å²) in [5.41, 5.74) is 1.46. The van der Waals surface area contributed by atoms with Crippen molar-refractivity contribution >= 4 is 13.9 Å². The van der Waals surface area contributed by atoms with Crippen LogP contribution >= 0.6 is 8.58 Å². The standard InChI is InChI=1S/C15H25P/c1-14(2,3)13(15(4,5)6)16-12-10-8-7-9-11-12/h7-11,13,16H,1-6H3. The van der Waals surface area contributed by atoms with Crippen molar-refractivity contribution in [1.82, 2.24) is 0 Å². The van der Waals surface area contributed by atoms with Crippen molar-refractivity contribution in [2.45, 2.75) is 47.2 Å². The van der Waals surface area contributed by atoms with Crippen molar-refractivity contribution in [2.75, 3.05) is 0 Å². The van der Waals surface area contributed by atoms with Crippen molar-refractivity contribution in [3.63, 3.8) is 0 Å². The molecule has 0 aliphatic carbocycles. The topological polar surface area (TPSA) is 0 Å². The van der Waals surface area contributed by atoms with Gasteiger partial charge >= 0.3 is 0 Å². The fourth-order valence-electron chi connectivity index (χ4n) is 2.43. The van der Waals surface area contributed by atoms with E-state index in [1.807, 2.05) is 0 Å². The van der Waals surface area contributed by atoms with Crippen molar-refractivity contribution in [2.24, 2.45) is 10.8 Å². The zero-order valence-corrected chi connectivity index (χ0v) is 12.5. The molecule has 0 radical (unpaired) electrons. The molecule has 0 saturated carbocycles. The monoisotopic (exact) mass is 236 g/mol. The number of hydrogen-bond donors (Lipinski definition) is 0. The summed E-state index contributed by atoms with van der Waals surface area (Å²) in [5.74, 6) is 0. The van der Waals surface area contributed by atoms with Crippen LogP contribution in [0.4, 0.5) is 0 Å². The van der Waals surface area contributed by atoms with Crippen LogP contribution in [0.15, 0.2) is 30.3 Å². The Kier molecular flexibility index (Phi) is 4.18. The molecule has 0 nitrogen and oxygen atoms in total. The van der Waals surface area contributed by atoms with Gasteiger partial charge in [-0.3, -0.25) is 0 Å². The molecule has 0 aromatic heterocycles. The lowest BCUT2D eigenvalue weighted by atomic mass is 9.77. The van der Waals surface area contributed by atoms with E-state index in [0.29, 0.717) is 10.8 Å². The molecule has 1 atom stereocenters. The zero-order chi connectivity index (χ0) is 12.4. The van der Waals surface area contributed by atoms with Crippen LogP contribution in [0.2, 0.25) is 0 Å². The summed E-state index contributed by atoms with van der Waals surface area (Å²) in [4.78, 5) is 0. The maximum atomic E-state index is 2.36. The molecule has 0 aliphatic rings. The lowest BCUT2D eigenvalue weighted by Gasteiger charge is -2.41. The molecule has 0 aliphatic heterocycles. The molecule has 16 heavy (non-hydrogen) atoms. The maximum absolute atomic E-state index is 2.36. The second-order valence-electron chi connectivity index (χ2n) is 6.68. The van der Waals surface area contributed by atoms with Crippen molar-refractivity contribution in [1.29, 1.82) is 0 Å². The first-order valence-corrected chi connectivity index (χ1v) is 7.10. The minimum Gasteiger partial charge on any atom is -0.0862 e. The van der Waals surface area contributed by atoms with Crippen LogP contribution in [-0.2, 0) is 0 Å². The average Bonchev–Trinajstić information content (AvgIpc) is 2.12. The van der Waals surface area contributed by atoms with Crippen LogP contribution in [-0.4, -0.2) is 5.66 Å². The van der Waals surface area contributed by atoms with Gasteiger partial charge in [-0.05, 0) is 21.8 Å². The minimum atomic E-state index is 0.368. The average molecular weight is 236 g/mol. The molecular weight excluding hydrogens is 211 g/mol. The first-order valence-electron chi connectivity index (χ1n) is 6.03. The lowest BCUT2D eigenvalue weighted by molar-refractivity contribution is 0.247. The summed E-state index contributed by atoms with van der Waals surface area (Å²) in [5, 5.41) is 1.48. The molecule has 0 N–H and O–H groups in total. The highest BCUT2D eigenvalue weighted by Crippen LogP contribution is 2.45. The number of benzene rings is 1. The molecule has 1 aromatic rings. The van der Waals surface area contributed by atoms with E-state index in [1.54, 1.807) is 0 Å². The van der Waals surface area contributed by atoms with Gasteiger partial charge in [-0.1, -0.05) is 80.5 Å². The van der Waals surface area contributed by atoms with E-state index >= 15 is 0 Å². The minimum absolute atomic E-state index is 0.368. The molecular formula is C15H25P. The molecule has 0 heterocycles. The molecule has 0 spiro atoms. The maximum Gasteiger partial charge on any atom is -0.00989 e. The highest BCUT2D eigenvalue weighted by Gasteiger charge is 2.34. The molecule has 0 amide bonds. The summed E-state index contributed by atoms with van der Waals surface area (Å²) in [6.07, 6.45) is 0. The van der Waals surface area contributed by atoms with Gasteiger partial charge in [-0.25, -0.2) is 0 Å². The summed E-state index contributed by atoms with van der Waals surface area (Å²) in [6.45, 7) is 14.2. The summed E-state index contributed by atoms with van der Waals surface area (Å²) >= 11 is 0. The third kappa shape index (κ3) is 3.91. The van der Waals surface area contributed by atoms with E-state index in [1.165, 1.54) is 5.30 Å². The second-order valence-corrected chi connectivity index (χ2v) is 8.12. The fourth-order valence-corrected chi connectivity index (χ4v) is 4.02. The van der Waals surface area contributed by atoms with Crippen molar-refractivity contribution in [3.05, 3.63) is 30.3 Å². The van der Waals surface area contributed by atoms with Crippen LogP contribution in [0.5, 0.6) is 0 Å². The van der Waals surface area contributed by atoms with Crippen molar-refractivity contribution in [3.8, 4) is 0 Å². The van der Waals surface area contributed by atoms with Gasteiger partial charge in [0, 0.05) is 0 Å². The molecule has 1 unspecified atom stereocenters. The quantitative estimate of drug-likeness (QED) is 0.665. The molecule has 90 valence electrons. The Balaban J connectivity index is 2.89. The van der Waals surface area contributed by atoms with Gasteiger partial charge in [0.1, 0.15) is 0 Å². The normalized spacial score (nSPS) is 13.9. The molecule has 1 rings (SSSR count). The summed E-state index contributed by atoms with van der Waals surface area (Å²) in [6, 6.07) is 10.9. The number of hydrogen-bond acceptors (Lipinski definition) is 0. The van der Waals surface area contributed by atoms with Gasteiger partial charge in [-0.2, -0.15) is 0 Å². The lowest BCUT2D eigenvalue weighted by Crippen LogP contribution is -2.35. The predicted molar refractivity (Wildman–Crippen MR) is 77.1 cm³/mol. The Morgan fingerprint density at radius 2 is 1.25 bits per heavy atom. The predicted octanol–water partition coefficient (Wildman–Crippen LogP) is 4.45. The van der Waals surface area contributed by atoms with Gasteiger partial charge in [0.25, 0.3) is 0 Å². The van der Waals surface area contributed by atoms with Crippen LogP contribution < -0.4 is 5.30 Å². The Bertz CT molecular complexity index is 300. The first kappa shape index (κ1) is 13.7. The largest absolute Gasteiger partial charge is 0.0862 e. The van der Waals surface area contributed by atoms with E-state index in [4.69, 9.17) is 0 Å². The van der Waals surface area contributed by atoms with E-state index in [-0.39, 0.29) is 0 Å². The van der Waals surface area contributed by atoms with Gasteiger partial charge in [0.05, 0.1) is 0 Å². The van der Waals surface area contributed by atoms with Gasteiger partial charge < -0.3 is 0 Å². The third-order valence-corrected chi connectivity index (χ3v) is 5.50.